The van der Waals surface area contributed by atoms with Crippen LogP contribution < -0.4 is 10.1 Å². The Hall–Kier alpha value is -3.42. The molecule has 152 valence electrons. The van der Waals surface area contributed by atoms with Crippen molar-refractivity contribution in [2.24, 2.45) is 0 Å². The van der Waals surface area contributed by atoms with Crippen LogP contribution in [0.4, 0.5) is 0 Å². The van der Waals surface area contributed by atoms with Crippen molar-refractivity contribution in [3.05, 3.63) is 53.3 Å². The molecule has 1 aromatic carbocycles. The Kier molecular flexibility index (Phi) is 5.81. The first-order valence-corrected chi connectivity index (χ1v) is 9.38. The van der Waals surface area contributed by atoms with Gasteiger partial charge in [-0.15, -0.1) is 0 Å². The van der Waals surface area contributed by atoms with Gasteiger partial charge in [0, 0.05) is 5.69 Å². The lowest BCUT2D eigenvalue weighted by atomic mass is 10.1. The van der Waals surface area contributed by atoms with Crippen molar-refractivity contribution < 1.29 is 19.4 Å². The number of pyridine rings is 1. The van der Waals surface area contributed by atoms with E-state index in [0.29, 0.717) is 33.6 Å². The molecule has 1 amide bonds. The van der Waals surface area contributed by atoms with Gasteiger partial charge in [-0.05, 0) is 44.0 Å². The van der Waals surface area contributed by atoms with Crippen LogP contribution in [0.15, 0.2) is 36.5 Å². The third-order valence-electron chi connectivity index (χ3n) is 4.92. The molecule has 0 aliphatic rings. The number of ether oxygens (including phenoxy) is 1. The zero-order valence-corrected chi connectivity index (χ0v) is 16.8. The summed E-state index contributed by atoms with van der Waals surface area (Å²) >= 11 is 0. The van der Waals surface area contributed by atoms with Gasteiger partial charge in [0.15, 0.2) is 11.7 Å². The van der Waals surface area contributed by atoms with Gasteiger partial charge in [-0.2, -0.15) is 5.10 Å². The van der Waals surface area contributed by atoms with Crippen molar-refractivity contribution >= 4 is 22.9 Å². The van der Waals surface area contributed by atoms with Gasteiger partial charge >= 0.3 is 5.97 Å². The number of fused-ring (bicyclic) bond motifs is 1. The van der Waals surface area contributed by atoms with E-state index in [0.717, 1.165) is 6.42 Å². The van der Waals surface area contributed by atoms with E-state index in [-0.39, 0.29) is 6.04 Å². The number of aromatic nitrogens is 3. The molecular formula is C21H24N4O4. The molecule has 2 heterocycles. The molecule has 0 bridgehead atoms. The summed E-state index contributed by atoms with van der Waals surface area (Å²) in [7, 11) is 1.53. The summed E-state index contributed by atoms with van der Waals surface area (Å²) in [6.07, 6.45) is 2.47. The summed E-state index contributed by atoms with van der Waals surface area (Å²) in [6.45, 7) is 5.87. The third-order valence-corrected chi connectivity index (χ3v) is 4.92. The summed E-state index contributed by atoms with van der Waals surface area (Å²) in [5.41, 5.74) is 2.07. The number of amides is 1. The maximum atomic E-state index is 13.0. The monoisotopic (exact) mass is 396 g/mol. The Bertz CT molecular complexity index is 1040. The Morgan fingerprint density at radius 2 is 1.97 bits per heavy atom. The Labute approximate surface area is 168 Å². The number of aliphatic carboxylic acids is 1. The van der Waals surface area contributed by atoms with Crippen LogP contribution in [0.2, 0.25) is 0 Å². The van der Waals surface area contributed by atoms with Gasteiger partial charge in [0.25, 0.3) is 5.91 Å². The fourth-order valence-corrected chi connectivity index (χ4v) is 3.12. The maximum Gasteiger partial charge on any atom is 0.330 e. The normalized spacial score (nSPS) is 13.1. The number of carboxylic acid groups (broad SMARTS) is 1. The van der Waals surface area contributed by atoms with Gasteiger partial charge in [0.05, 0.1) is 30.3 Å². The predicted octanol–water partition coefficient (Wildman–Crippen LogP) is 3.28. The smallest absolute Gasteiger partial charge is 0.330 e. The van der Waals surface area contributed by atoms with Gasteiger partial charge in [0.2, 0.25) is 0 Å². The van der Waals surface area contributed by atoms with Gasteiger partial charge in [-0.25, -0.2) is 14.5 Å². The Balaban J connectivity index is 1.97. The van der Waals surface area contributed by atoms with Crippen molar-refractivity contribution in [1.29, 1.82) is 0 Å². The zero-order valence-electron chi connectivity index (χ0n) is 16.8. The molecule has 3 rings (SSSR count). The van der Waals surface area contributed by atoms with E-state index in [4.69, 9.17) is 4.74 Å². The summed E-state index contributed by atoms with van der Waals surface area (Å²) in [6, 6.07) is 7.13. The SMILES string of the molecule is CCC(C)n1ncc2c(C(=O)NC(C(=O)O)c3ccc(OC)cc3)cc(C)nc21. The molecule has 2 N–H and O–H groups in total. The van der Waals surface area contributed by atoms with Crippen LogP contribution in [0.1, 0.15) is 54.0 Å². The Morgan fingerprint density at radius 1 is 1.28 bits per heavy atom. The molecule has 0 saturated heterocycles. The largest absolute Gasteiger partial charge is 0.497 e. The molecule has 0 spiro atoms. The highest BCUT2D eigenvalue weighted by Crippen LogP contribution is 2.24. The summed E-state index contributed by atoms with van der Waals surface area (Å²) in [5.74, 6) is -1.04. The number of nitrogens with zero attached hydrogens (tertiary/aromatic N) is 3. The van der Waals surface area contributed by atoms with Crippen LogP contribution in [0.5, 0.6) is 5.75 Å². The van der Waals surface area contributed by atoms with Gasteiger partial charge in [0.1, 0.15) is 5.75 Å². The Morgan fingerprint density at radius 3 is 2.55 bits per heavy atom. The fraction of sp³-hybridized carbons (Fsp3) is 0.333. The molecule has 0 radical (unpaired) electrons. The third kappa shape index (κ3) is 4.06. The lowest BCUT2D eigenvalue weighted by molar-refractivity contribution is -0.139. The van der Waals surface area contributed by atoms with E-state index >= 15 is 0 Å². The second kappa shape index (κ2) is 8.30. The maximum absolute atomic E-state index is 13.0. The van der Waals surface area contributed by atoms with E-state index in [2.05, 4.69) is 15.4 Å². The molecule has 2 aromatic heterocycles. The highest BCUT2D eigenvalue weighted by atomic mass is 16.5. The number of carbonyl (C=O) groups is 2. The van der Waals surface area contributed by atoms with Crippen molar-refractivity contribution in [3.8, 4) is 5.75 Å². The molecule has 3 aromatic rings. The molecule has 0 aliphatic heterocycles. The minimum Gasteiger partial charge on any atom is -0.497 e. The first-order chi connectivity index (χ1) is 13.8. The number of nitrogens with one attached hydrogen (secondary N) is 1. The number of carbonyl (C=O) groups excluding carboxylic acids is 1. The van der Waals surface area contributed by atoms with Crippen molar-refractivity contribution in [2.75, 3.05) is 7.11 Å². The second-order valence-corrected chi connectivity index (χ2v) is 6.91. The number of rotatable bonds is 7. The van der Waals surface area contributed by atoms with E-state index in [1.54, 1.807) is 48.1 Å². The molecule has 2 unspecified atom stereocenters. The summed E-state index contributed by atoms with van der Waals surface area (Å²) in [4.78, 5) is 29.3. The van der Waals surface area contributed by atoms with Crippen LogP contribution in [-0.4, -0.2) is 38.9 Å². The van der Waals surface area contributed by atoms with Gasteiger partial charge in [-0.1, -0.05) is 19.1 Å². The standard InChI is InChI=1S/C21H24N4O4/c1-5-13(3)25-19-17(11-22-25)16(10-12(2)23-19)20(26)24-18(21(27)28)14-6-8-15(29-4)9-7-14/h6-11,13,18H,5H2,1-4H3,(H,24,26)(H,27,28). The van der Waals surface area contributed by atoms with Crippen LogP contribution in [0, 0.1) is 6.92 Å². The van der Waals surface area contributed by atoms with Crippen LogP contribution in [0.3, 0.4) is 0 Å². The zero-order chi connectivity index (χ0) is 21.1. The van der Waals surface area contributed by atoms with Gasteiger partial charge < -0.3 is 15.2 Å². The van der Waals surface area contributed by atoms with E-state index in [1.807, 2.05) is 13.8 Å². The highest BCUT2D eigenvalue weighted by molar-refractivity contribution is 6.06. The topological polar surface area (TPSA) is 106 Å². The molecule has 2 atom stereocenters. The first-order valence-electron chi connectivity index (χ1n) is 9.38. The highest BCUT2D eigenvalue weighted by Gasteiger charge is 2.25. The summed E-state index contributed by atoms with van der Waals surface area (Å²) in [5, 5.41) is 17.2. The van der Waals surface area contributed by atoms with Crippen molar-refractivity contribution in [2.45, 2.75) is 39.3 Å². The molecule has 29 heavy (non-hydrogen) atoms. The van der Waals surface area contributed by atoms with Gasteiger partial charge in [-0.3, -0.25) is 4.79 Å². The van der Waals surface area contributed by atoms with Crippen LogP contribution in [-0.2, 0) is 4.79 Å². The number of aryl methyl sites for hydroxylation is 1. The van der Waals surface area contributed by atoms with E-state index in [9.17, 15) is 14.7 Å². The van der Waals surface area contributed by atoms with Crippen LogP contribution in [0.25, 0.3) is 11.0 Å². The average Bonchev–Trinajstić information content (AvgIpc) is 3.14. The molecule has 8 nitrogen and oxygen atoms in total. The number of hydrogen-bond donors (Lipinski definition) is 2. The lowest BCUT2D eigenvalue weighted by Gasteiger charge is -2.16. The molecule has 0 fully saturated rings. The quantitative estimate of drug-likeness (QED) is 0.635. The number of hydrogen-bond acceptors (Lipinski definition) is 5. The predicted molar refractivity (Wildman–Crippen MR) is 108 cm³/mol. The lowest BCUT2D eigenvalue weighted by Crippen LogP contribution is -2.34. The minimum atomic E-state index is -1.19. The number of carboxylic acids is 1. The van der Waals surface area contributed by atoms with E-state index < -0.39 is 17.9 Å². The number of benzene rings is 1. The van der Waals surface area contributed by atoms with Crippen molar-refractivity contribution in [3.63, 3.8) is 0 Å². The van der Waals surface area contributed by atoms with Crippen molar-refractivity contribution in [1.82, 2.24) is 20.1 Å². The summed E-state index contributed by atoms with van der Waals surface area (Å²) < 4.78 is 6.89. The average molecular weight is 396 g/mol. The second-order valence-electron chi connectivity index (χ2n) is 6.91. The first kappa shape index (κ1) is 20.3. The minimum absolute atomic E-state index is 0.128. The molecule has 8 heteroatoms. The number of methoxy groups -OCH3 is 1. The molecule has 0 saturated carbocycles. The van der Waals surface area contributed by atoms with Crippen LogP contribution >= 0.6 is 0 Å². The molecule has 0 aliphatic carbocycles. The molecular weight excluding hydrogens is 372 g/mol. The fourth-order valence-electron chi connectivity index (χ4n) is 3.12. The van der Waals surface area contributed by atoms with E-state index in [1.165, 1.54) is 7.11 Å².